The SMILES string of the molecule is [B]NCCCCC(C)CC. The average molecular weight is 139 g/mol. The van der Waals surface area contributed by atoms with E-state index in [2.05, 4.69) is 19.1 Å². The highest BCUT2D eigenvalue weighted by Gasteiger charge is 1.96. The van der Waals surface area contributed by atoms with E-state index < -0.39 is 0 Å². The Bertz CT molecular complexity index is 66.3. The summed E-state index contributed by atoms with van der Waals surface area (Å²) in [5.74, 6) is 0.887. The lowest BCUT2D eigenvalue weighted by Crippen LogP contribution is -2.09. The summed E-state index contributed by atoms with van der Waals surface area (Å²) in [5.41, 5.74) is 0. The van der Waals surface area contributed by atoms with E-state index in [4.69, 9.17) is 7.98 Å². The first-order chi connectivity index (χ1) is 4.81. The molecule has 0 saturated carbocycles. The van der Waals surface area contributed by atoms with Gasteiger partial charge in [0, 0.05) is 0 Å². The molecule has 0 aliphatic rings. The zero-order valence-corrected chi connectivity index (χ0v) is 7.19. The molecule has 2 radical (unpaired) electrons. The molecule has 0 saturated heterocycles. The van der Waals surface area contributed by atoms with Gasteiger partial charge in [-0.2, -0.15) is 0 Å². The van der Waals surface area contributed by atoms with Crippen LogP contribution in [0.15, 0.2) is 0 Å². The third-order valence-electron chi connectivity index (χ3n) is 1.96. The summed E-state index contributed by atoms with van der Waals surface area (Å²) in [6.45, 7) is 5.50. The van der Waals surface area contributed by atoms with Gasteiger partial charge in [-0.25, -0.2) is 0 Å². The predicted octanol–water partition coefficient (Wildman–Crippen LogP) is 1.88. The molecular formula is C8H18BN. The van der Waals surface area contributed by atoms with Crippen LogP contribution in [0.25, 0.3) is 0 Å². The summed E-state index contributed by atoms with van der Waals surface area (Å²) in [4.78, 5) is 0. The van der Waals surface area contributed by atoms with Crippen LogP contribution >= 0.6 is 0 Å². The molecule has 0 aliphatic carbocycles. The lowest BCUT2D eigenvalue weighted by atomic mass is 10.0. The molecule has 0 aromatic carbocycles. The predicted molar refractivity (Wildman–Crippen MR) is 47.1 cm³/mol. The number of nitrogens with one attached hydrogen (secondary N) is 1. The van der Waals surface area contributed by atoms with Crippen molar-refractivity contribution in [3.8, 4) is 0 Å². The van der Waals surface area contributed by atoms with Crippen molar-refractivity contribution in [2.24, 2.45) is 5.92 Å². The Morgan fingerprint density at radius 2 is 2.10 bits per heavy atom. The largest absolute Gasteiger partial charge is 0.366 e. The van der Waals surface area contributed by atoms with E-state index in [1.54, 1.807) is 0 Å². The van der Waals surface area contributed by atoms with Crippen molar-refractivity contribution in [3.63, 3.8) is 0 Å². The zero-order valence-electron chi connectivity index (χ0n) is 7.19. The number of rotatable bonds is 6. The summed E-state index contributed by atoms with van der Waals surface area (Å²) < 4.78 is 0. The Morgan fingerprint density at radius 3 is 2.60 bits per heavy atom. The van der Waals surface area contributed by atoms with E-state index in [-0.39, 0.29) is 0 Å². The second kappa shape index (κ2) is 7.14. The number of hydrogen-bond donors (Lipinski definition) is 1. The van der Waals surface area contributed by atoms with Crippen LogP contribution in [0.3, 0.4) is 0 Å². The second-order valence-corrected chi connectivity index (χ2v) is 2.96. The van der Waals surface area contributed by atoms with Crippen LogP contribution in [0.2, 0.25) is 0 Å². The molecule has 2 heteroatoms. The van der Waals surface area contributed by atoms with Gasteiger partial charge in [-0.1, -0.05) is 33.1 Å². The Morgan fingerprint density at radius 1 is 1.40 bits per heavy atom. The topological polar surface area (TPSA) is 12.0 Å². The Labute approximate surface area is 66.0 Å². The van der Waals surface area contributed by atoms with E-state index in [9.17, 15) is 0 Å². The molecule has 1 N–H and O–H groups in total. The molecule has 0 aromatic heterocycles. The van der Waals surface area contributed by atoms with E-state index in [1.165, 1.54) is 25.7 Å². The van der Waals surface area contributed by atoms with E-state index >= 15 is 0 Å². The summed E-state index contributed by atoms with van der Waals surface area (Å²) in [6, 6.07) is 0. The van der Waals surface area contributed by atoms with Crippen LogP contribution in [0.5, 0.6) is 0 Å². The van der Waals surface area contributed by atoms with Crippen molar-refractivity contribution < 1.29 is 0 Å². The Balaban J connectivity index is 2.89. The molecule has 1 atom stereocenters. The van der Waals surface area contributed by atoms with Gasteiger partial charge in [0.1, 0.15) is 0 Å². The molecule has 0 rings (SSSR count). The molecule has 58 valence electrons. The molecule has 0 bridgehead atoms. The normalized spacial score (nSPS) is 13.4. The van der Waals surface area contributed by atoms with Gasteiger partial charge in [0.2, 0.25) is 0 Å². The minimum absolute atomic E-state index is 0.887. The van der Waals surface area contributed by atoms with Crippen LogP contribution in [0.4, 0.5) is 0 Å². The highest BCUT2D eigenvalue weighted by Crippen LogP contribution is 2.09. The zero-order chi connectivity index (χ0) is 7.82. The lowest BCUT2D eigenvalue weighted by molar-refractivity contribution is 0.484. The van der Waals surface area contributed by atoms with Crippen LogP contribution < -0.4 is 5.23 Å². The molecular weight excluding hydrogens is 121 g/mol. The minimum atomic E-state index is 0.887. The van der Waals surface area contributed by atoms with Crippen LogP contribution in [0, 0.1) is 5.92 Å². The molecule has 0 fully saturated rings. The molecule has 0 spiro atoms. The van der Waals surface area contributed by atoms with Gasteiger partial charge in [-0.3, -0.25) is 0 Å². The monoisotopic (exact) mass is 139 g/mol. The summed E-state index contributed by atoms with van der Waals surface area (Å²) >= 11 is 0. The van der Waals surface area contributed by atoms with Crippen LogP contribution in [-0.4, -0.2) is 14.5 Å². The summed E-state index contributed by atoms with van der Waals surface area (Å²) in [5, 5.41) is 2.66. The first-order valence-corrected chi connectivity index (χ1v) is 4.24. The standard InChI is InChI=1S/C8H18BN/c1-3-8(2)6-4-5-7-10-9/h8,10H,3-7H2,1-2H3. The lowest BCUT2D eigenvalue weighted by Gasteiger charge is -2.06. The van der Waals surface area contributed by atoms with Crippen LogP contribution in [-0.2, 0) is 0 Å². The average Bonchev–Trinajstić information content (AvgIpc) is 1.98. The van der Waals surface area contributed by atoms with Gasteiger partial charge in [0.15, 0.2) is 7.98 Å². The fourth-order valence-corrected chi connectivity index (χ4v) is 0.924. The minimum Gasteiger partial charge on any atom is -0.366 e. The van der Waals surface area contributed by atoms with Crippen molar-refractivity contribution in [1.82, 2.24) is 5.23 Å². The number of hydrogen-bond acceptors (Lipinski definition) is 1. The highest BCUT2D eigenvalue weighted by molar-refractivity contribution is 6.04. The first kappa shape index (κ1) is 10.0. The number of unbranched alkanes of at least 4 members (excludes halogenated alkanes) is 1. The van der Waals surface area contributed by atoms with Crippen molar-refractivity contribution in [2.45, 2.75) is 39.5 Å². The van der Waals surface area contributed by atoms with Gasteiger partial charge in [0.25, 0.3) is 0 Å². The molecule has 0 aliphatic heterocycles. The first-order valence-electron chi connectivity index (χ1n) is 4.24. The second-order valence-electron chi connectivity index (χ2n) is 2.96. The van der Waals surface area contributed by atoms with E-state index in [1.807, 2.05) is 0 Å². The molecule has 0 heterocycles. The highest BCUT2D eigenvalue weighted by atomic mass is 14.7. The van der Waals surface area contributed by atoms with Gasteiger partial charge < -0.3 is 5.23 Å². The van der Waals surface area contributed by atoms with Gasteiger partial charge in [0.05, 0.1) is 0 Å². The van der Waals surface area contributed by atoms with E-state index in [0.717, 1.165) is 12.5 Å². The third-order valence-corrected chi connectivity index (χ3v) is 1.96. The molecule has 1 nitrogen and oxygen atoms in total. The fourth-order valence-electron chi connectivity index (χ4n) is 0.924. The third kappa shape index (κ3) is 6.15. The maximum absolute atomic E-state index is 5.13. The summed E-state index contributed by atoms with van der Waals surface area (Å²) in [6.07, 6.45) is 5.16. The summed E-state index contributed by atoms with van der Waals surface area (Å²) in [7, 11) is 5.13. The molecule has 1 unspecified atom stereocenters. The van der Waals surface area contributed by atoms with Crippen molar-refractivity contribution in [1.29, 1.82) is 0 Å². The maximum Gasteiger partial charge on any atom is 0.177 e. The molecule has 10 heavy (non-hydrogen) atoms. The fraction of sp³-hybridized carbons (Fsp3) is 1.00. The molecule has 0 aromatic rings. The van der Waals surface area contributed by atoms with E-state index in [0.29, 0.717) is 0 Å². The van der Waals surface area contributed by atoms with Crippen molar-refractivity contribution in [2.75, 3.05) is 6.54 Å². The van der Waals surface area contributed by atoms with Gasteiger partial charge >= 0.3 is 0 Å². The van der Waals surface area contributed by atoms with Crippen LogP contribution in [0.1, 0.15) is 39.5 Å². The Kier molecular flexibility index (Phi) is 7.15. The maximum atomic E-state index is 5.13. The quantitative estimate of drug-likeness (QED) is 0.437. The Hall–Kier alpha value is 0.0249. The van der Waals surface area contributed by atoms with Gasteiger partial charge in [-0.15, -0.1) is 0 Å². The molecule has 0 amide bonds. The smallest absolute Gasteiger partial charge is 0.177 e. The van der Waals surface area contributed by atoms with Crippen molar-refractivity contribution in [3.05, 3.63) is 0 Å². The van der Waals surface area contributed by atoms with Gasteiger partial charge in [-0.05, 0) is 18.9 Å². The van der Waals surface area contributed by atoms with Crippen molar-refractivity contribution >= 4 is 7.98 Å².